The number of carbonyl (C=O) groups is 1. The number of nitrogens with zero attached hydrogens (tertiary/aromatic N) is 1. The fourth-order valence-corrected chi connectivity index (χ4v) is 2.27. The van der Waals surface area contributed by atoms with Crippen molar-refractivity contribution in [3.63, 3.8) is 0 Å². The molecule has 0 aromatic heterocycles. The van der Waals surface area contributed by atoms with E-state index in [9.17, 15) is 19.3 Å². The van der Waals surface area contributed by atoms with Crippen molar-refractivity contribution in [2.75, 3.05) is 5.32 Å². The minimum atomic E-state index is -1.05. The van der Waals surface area contributed by atoms with Gasteiger partial charge in [0, 0.05) is 10.5 Å². The Morgan fingerprint density at radius 2 is 2.04 bits per heavy atom. The molecule has 1 N–H and O–H groups in total. The van der Waals surface area contributed by atoms with Crippen molar-refractivity contribution in [1.29, 1.82) is 0 Å². The number of nitro groups is 1. The first kappa shape index (κ1) is 17.9. The molecule has 0 bridgehead atoms. The second kappa shape index (κ2) is 7.39. The van der Waals surface area contributed by atoms with E-state index < -0.39 is 22.8 Å². The summed E-state index contributed by atoms with van der Waals surface area (Å²) in [6.45, 7) is 3.14. The third-order valence-corrected chi connectivity index (χ3v) is 3.67. The van der Waals surface area contributed by atoms with Crippen LogP contribution in [0, 0.1) is 22.9 Å². The second-order valence-corrected chi connectivity index (χ2v) is 6.02. The summed E-state index contributed by atoms with van der Waals surface area (Å²) in [4.78, 5) is 22.6. The largest absolute Gasteiger partial charge is 0.474 e. The number of ether oxygens (including phenoxy) is 1. The number of amides is 1. The normalized spacial score (nSPS) is 11.7. The third kappa shape index (κ3) is 4.29. The van der Waals surface area contributed by atoms with Gasteiger partial charge in [-0.05, 0) is 43.7 Å². The topological polar surface area (TPSA) is 81.5 Å². The van der Waals surface area contributed by atoms with Gasteiger partial charge >= 0.3 is 5.69 Å². The van der Waals surface area contributed by atoms with Crippen LogP contribution in [0.25, 0.3) is 0 Å². The Hall–Kier alpha value is -2.48. The molecule has 2 rings (SSSR count). The lowest BCUT2D eigenvalue weighted by Crippen LogP contribution is -2.30. The van der Waals surface area contributed by atoms with Crippen molar-refractivity contribution >= 4 is 33.2 Å². The summed E-state index contributed by atoms with van der Waals surface area (Å²) in [5.41, 5.74) is 0.463. The molecule has 0 unspecified atom stereocenters. The minimum absolute atomic E-state index is 0.00273. The Bertz CT molecular complexity index is 798. The zero-order valence-corrected chi connectivity index (χ0v) is 14.5. The predicted octanol–water partition coefficient (Wildman–Crippen LogP) is 4.21. The molecule has 0 aliphatic heterocycles. The smallest absolute Gasteiger partial charge is 0.311 e. The summed E-state index contributed by atoms with van der Waals surface area (Å²) in [6.07, 6.45) is -1.05. The number of nitro benzene ring substituents is 1. The molecule has 6 nitrogen and oxygen atoms in total. The number of nitrogens with one attached hydrogen (secondary N) is 1. The van der Waals surface area contributed by atoms with Crippen molar-refractivity contribution in [2.45, 2.75) is 20.0 Å². The van der Waals surface area contributed by atoms with E-state index >= 15 is 0 Å². The number of hydrogen-bond acceptors (Lipinski definition) is 4. The highest BCUT2D eigenvalue weighted by atomic mass is 79.9. The van der Waals surface area contributed by atoms with Gasteiger partial charge in [-0.1, -0.05) is 22.0 Å². The lowest BCUT2D eigenvalue weighted by atomic mass is 10.2. The van der Waals surface area contributed by atoms with Gasteiger partial charge in [0.15, 0.2) is 11.9 Å². The zero-order valence-electron chi connectivity index (χ0n) is 12.9. The lowest BCUT2D eigenvalue weighted by Gasteiger charge is -2.15. The van der Waals surface area contributed by atoms with E-state index in [0.29, 0.717) is 10.0 Å². The predicted molar refractivity (Wildman–Crippen MR) is 90.7 cm³/mol. The van der Waals surface area contributed by atoms with Crippen molar-refractivity contribution in [1.82, 2.24) is 0 Å². The highest BCUT2D eigenvalue weighted by Crippen LogP contribution is 2.29. The molecular weight excluding hydrogens is 383 g/mol. The standard InChI is InChI=1S/C16H14BrFN2O4/c1-9-3-6-15(14(7-9)20(22)23)24-10(2)16(21)19-13-5-4-11(17)8-12(13)18/h3-8,10H,1-2H3,(H,19,21)/t10-/m1/s1. The molecule has 8 heteroatoms. The fourth-order valence-electron chi connectivity index (χ4n) is 1.94. The SMILES string of the molecule is Cc1ccc(O[C@H](C)C(=O)Nc2ccc(Br)cc2F)c([N+](=O)[O-])c1. The van der Waals surface area contributed by atoms with Crippen LogP contribution in [-0.2, 0) is 4.79 Å². The van der Waals surface area contributed by atoms with Crippen LogP contribution in [0.4, 0.5) is 15.8 Å². The van der Waals surface area contributed by atoms with E-state index in [-0.39, 0.29) is 17.1 Å². The quantitative estimate of drug-likeness (QED) is 0.606. The van der Waals surface area contributed by atoms with Gasteiger partial charge in [-0.2, -0.15) is 0 Å². The summed E-state index contributed by atoms with van der Waals surface area (Å²) < 4.78 is 19.7. The zero-order chi connectivity index (χ0) is 17.9. The molecule has 0 heterocycles. The molecule has 24 heavy (non-hydrogen) atoms. The summed E-state index contributed by atoms with van der Waals surface area (Å²) >= 11 is 3.12. The number of anilines is 1. The monoisotopic (exact) mass is 396 g/mol. The Balaban J connectivity index is 2.13. The van der Waals surface area contributed by atoms with Crippen LogP contribution >= 0.6 is 15.9 Å². The molecule has 2 aromatic rings. The van der Waals surface area contributed by atoms with Crippen molar-refractivity contribution in [3.8, 4) is 5.75 Å². The molecule has 0 radical (unpaired) electrons. The first-order chi connectivity index (χ1) is 11.3. The first-order valence-corrected chi connectivity index (χ1v) is 7.75. The molecule has 0 aliphatic rings. The Labute approximate surface area is 145 Å². The van der Waals surface area contributed by atoms with Crippen LogP contribution < -0.4 is 10.1 Å². The van der Waals surface area contributed by atoms with Crippen molar-refractivity contribution in [3.05, 3.63) is 62.4 Å². The molecule has 0 spiro atoms. The molecule has 1 atom stereocenters. The maximum atomic E-state index is 13.7. The lowest BCUT2D eigenvalue weighted by molar-refractivity contribution is -0.386. The average molecular weight is 397 g/mol. The van der Waals surface area contributed by atoms with E-state index in [1.54, 1.807) is 19.1 Å². The molecule has 0 aliphatic carbocycles. The van der Waals surface area contributed by atoms with Crippen LogP contribution in [0.5, 0.6) is 5.75 Å². The number of hydrogen-bond donors (Lipinski definition) is 1. The van der Waals surface area contributed by atoms with Crippen LogP contribution in [0.15, 0.2) is 40.9 Å². The van der Waals surface area contributed by atoms with Gasteiger partial charge < -0.3 is 10.1 Å². The second-order valence-electron chi connectivity index (χ2n) is 5.10. The van der Waals surface area contributed by atoms with Crippen LogP contribution in [0.3, 0.4) is 0 Å². The Morgan fingerprint density at radius 3 is 2.67 bits per heavy atom. The summed E-state index contributed by atoms with van der Waals surface area (Å²) in [5, 5.41) is 13.5. The Morgan fingerprint density at radius 1 is 1.33 bits per heavy atom. The van der Waals surface area contributed by atoms with E-state index in [1.807, 2.05) is 0 Å². The number of aryl methyl sites for hydroxylation is 1. The highest BCUT2D eigenvalue weighted by Gasteiger charge is 2.22. The Kier molecular flexibility index (Phi) is 5.50. The number of carbonyl (C=O) groups excluding carboxylic acids is 1. The van der Waals surface area contributed by atoms with Gasteiger partial charge in [-0.25, -0.2) is 4.39 Å². The molecule has 0 saturated heterocycles. The fraction of sp³-hybridized carbons (Fsp3) is 0.188. The summed E-state index contributed by atoms with van der Waals surface area (Å²) in [5.74, 6) is -1.25. The molecule has 1 amide bonds. The van der Waals surface area contributed by atoms with Gasteiger partial charge in [-0.15, -0.1) is 0 Å². The number of halogens is 2. The van der Waals surface area contributed by atoms with Gasteiger partial charge in [0.1, 0.15) is 5.82 Å². The summed E-state index contributed by atoms with van der Waals surface area (Å²) in [7, 11) is 0. The minimum Gasteiger partial charge on any atom is -0.474 e. The van der Waals surface area contributed by atoms with Gasteiger partial charge in [0.2, 0.25) is 0 Å². The number of benzene rings is 2. The average Bonchev–Trinajstić information content (AvgIpc) is 2.51. The maximum Gasteiger partial charge on any atom is 0.311 e. The van der Waals surface area contributed by atoms with E-state index in [4.69, 9.17) is 4.74 Å². The van der Waals surface area contributed by atoms with Crippen molar-refractivity contribution < 1.29 is 18.8 Å². The molecule has 0 saturated carbocycles. The first-order valence-electron chi connectivity index (χ1n) is 6.95. The highest BCUT2D eigenvalue weighted by molar-refractivity contribution is 9.10. The molecular formula is C16H14BrFN2O4. The molecule has 2 aromatic carbocycles. The van der Waals surface area contributed by atoms with Gasteiger partial charge in [-0.3, -0.25) is 14.9 Å². The molecule has 0 fully saturated rings. The van der Waals surface area contributed by atoms with Gasteiger partial charge in [0.05, 0.1) is 10.6 Å². The maximum absolute atomic E-state index is 13.7. The third-order valence-electron chi connectivity index (χ3n) is 3.17. The van der Waals surface area contributed by atoms with E-state index in [2.05, 4.69) is 21.2 Å². The van der Waals surface area contributed by atoms with E-state index in [0.717, 1.165) is 0 Å². The number of rotatable bonds is 5. The van der Waals surface area contributed by atoms with Crippen LogP contribution in [0.1, 0.15) is 12.5 Å². The van der Waals surface area contributed by atoms with E-state index in [1.165, 1.54) is 31.2 Å². The molecule has 126 valence electrons. The van der Waals surface area contributed by atoms with Crippen LogP contribution in [0.2, 0.25) is 0 Å². The van der Waals surface area contributed by atoms with Gasteiger partial charge in [0.25, 0.3) is 5.91 Å². The van der Waals surface area contributed by atoms with Crippen molar-refractivity contribution in [2.24, 2.45) is 0 Å². The summed E-state index contributed by atoms with van der Waals surface area (Å²) in [6, 6.07) is 8.62. The van der Waals surface area contributed by atoms with Crippen LogP contribution in [-0.4, -0.2) is 16.9 Å².